The number of carboxylic acids is 1. The molecule has 1 N–H and O–H groups in total. The molecule has 0 unspecified atom stereocenters. The van der Waals surface area contributed by atoms with E-state index in [-0.39, 0.29) is 0 Å². The van der Waals surface area contributed by atoms with Crippen LogP contribution in [0.2, 0.25) is 0 Å². The molecule has 82 valence electrons. The first-order valence-corrected chi connectivity index (χ1v) is 6.00. The zero-order valence-corrected chi connectivity index (χ0v) is 10.1. The molecule has 0 amide bonds. The SMILES string of the molecule is Cc1ccc(CSC(C)C)cc1C(=O)O. The maximum absolute atomic E-state index is 10.9. The Morgan fingerprint density at radius 2 is 2.13 bits per heavy atom. The molecule has 3 heteroatoms. The Morgan fingerprint density at radius 1 is 1.47 bits per heavy atom. The summed E-state index contributed by atoms with van der Waals surface area (Å²) in [5.74, 6) is 0.0296. The van der Waals surface area contributed by atoms with E-state index < -0.39 is 5.97 Å². The van der Waals surface area contributed by atoms with E-state index >= 15 is 0 Å². The Hall–Kier alpha value is -0.960. The van der Waals surface area contributed by atoms with Gasteiger partial charge in [0.1, 0.15) is 0 Å². The number of aromatic carboxylic acids is 1. The molecule has 0 aliphatic rings. The first kappa shape index (κ1) is 12.1. The lowest BCUT2D eigenvalue weighted by Crippen LogP contribution is -2.01. The topological polar surface area (TPSA) is 37.3 Å². The standard InChI is InChI=1S/C12H16O2S/c1-8(2)15-7-10-5-4-9(3)11(6-10)12(13)14/h4-6,8H,7H2,1-3H3,(H,13,14). The second-order valence-corrected chi connectivity index (χ2v) is 5.38. The second-order valence-electron chi connectivity index (χ2n) is 3.81. The number of thioether (sulfide) groups is 1. The van der Waals surface area contributed by atoms with Gasteiger partial charge in [-0.05, 0) is 29.4 Å². The van der Waals surface area contributed by atoms with Gasteiger partial charge >= 0.3 is 5.97 Å². The average Bonchev–Trinajstić information content (AvgIpc) is 2.16. The van der Waals surface area contributed by atoms with Gasteiger partial charge in [-0.2, -0.15) is 11.8 Å². The first-order chi connectivity index (χ1) is 7.00. The Labute approximate surface area is 94.7 Å². The predicted molar refractivity (Wildman–Crippen MR) is 64.6 cm³/mol. The van der Waals surface area contributed by atoms with Crippen molar-refractivity contribution in [1.82, 2.24) is 0 Å². The molecule has 0 aromatic heterocycles. The number of benzene rings is 1. The molecule has 0 radical (unpaired) electrons. The Balaban J connectivity index is 2.83. The van der Waals surface area contributed by atoms with Gasteiger partial charge < -0.3 is 5.11 Å². The van der Waals surface area contributed by atoms with Crippen LogP contribution in [0.25, 0.3) is 0 Å². The number of hydrogen-bond acceptors (Lipinski definition) is 2. The molecule has 1 aromatic carbocycles. The Bertz CT molecular complexity index is 359. The molecule has 0 bridgehead atoms. The molecule has 0 saturated carbocycles. The second kappa shape index (κ2) is 5.21. The largest absolute Gasteiger partial charge is 0.478 e. The zero-order valence-electron chi connectivity index (χ0n) is 9.28. The maximum Gasteiger partial charge on any atom is 0.335 e. The van der Waals surface area contributed by atoms with Crippen LogP contribution in [-0.4, -0.2) is 16.3 Å². The highest BCUT2D eigenvalue weighted by atomic mass is 32.2. The summed E-state index contributed by atoms with van der Waals surface area (Å²) in [5, 5.41) is 9.53. The highest BCUT2D eigenvalue weighted by Crippen LogP contribution is 2.19. The molecule has 1 aromatic rings. The maximum atomic E-state index is 10.9. The smallest absolute Gasteiger partial charge is 0.335 e. The highest BCUT2D eigenvalue weighted by molar-refractivity contribution is 7.99. The quantitative estimate of drug-likeness (QED) is 0.852. The van der Waals surface area contributed by atoms with E-state index in [0.717, 1.165) is 16.9 Å². The molecule has 1 rings (SSSR count). The van der Waals surface area contributed by atoms with Crippen LogP contribution >= 0.6 is 11.8 Å². The van der Waals surface area contributed by atoms with E-state index in [1.165, 1.54) is 0 Å². The van der Waals surface area contributed by atoms with Gasteiger partial charge in [-0.25, -0.2) is 4.79 Å². The van der Waals surface area contributed by atoms with Crippen LogP contribution in [0.1, 0.15) is 35.3 Å². The molecule has 0 fully saturated rings. The lowest BCUT2D eigenvalue weighted by atomic mass is 10.1. The van der Waals surface area contributed by atoms with Crippen LogP contribution in [0.3, 0.4) is 0 Å². The molecule has 15 heavy (non-hydrogen) atoms. The highest BCUT2D eigenvalue weighted by Gasteiger charge is 2.07. The van der Waals surface area contributed by atoms with Crippen molar-refractivity contribution in [2.24, 2.45) is 0 Å². The summed E-state index contributed by atoms with van der Waals surface area (Å²) < 4.78 is 0. The van der Waals surface area contributed by atoms with Gasteiger partial charge in [-0.3, -0.25) is 0 Å². The summed E-state index contributed by atoms with van der Waals surface area (Å²) in [6.45, 7) is 6.09. The summed E-state index contributed by atoms with van der Waals surface area (Å²) in [6.07, 6.45) is 0. The van der Waals surface area contributed by atoms with Crippen molar-refractivity contribution in [3.8, 4) is 0 Å². The van der Waals surface area contributed by atoms with Crippen molar-refractivity contribution in [3.05, 3.63) is 34.9 Å². The number of aryl methyl sites for hydroxylation is 1. The van der Waals surface area contributed by atoms with E-state index in [4.69, 9.17) is 5.11 Å². The van der Waals surface area contributed by atoms with Crippen LogP contribution in [-0.2, 0) is 5.75 Å². The molecular formula is C12H16O2S. The van der Waals surface area contributed by atoms with Crippen molar-refractivity contribution < 1.29 is 9.90 Å². The van der Waals surface area contributed by atoms with Crippen LogP contribution in [0.15, 0.2) is 18.2 Å². The molecule has 0 aliphatic carbocycles. The minimum atomic E-state index is -0.844. The summed E-state index contributed by atoms with van der Waals surface area (Å²) in [5.41, 5.74) is 2.31. The van der Waals surface area contributed by atoms with E-state index in [2.05, 4.69) is 13.8 Å². The van der Waals surface area contributed by atoms with Gasteiger partial charge in [0.05, 0.1) is 5.56 Å². The molecule has 0 aliphatic heterocycles. The molecule has 0 atom stereocenters. The van der Waals surface area contributed by atoms with Gasteiger partial charge in [-0.1, -0.05) is 26.0 Å². The van der Waals surface area contributed by atoms with Crippen molar-refractivity contribution in [2.45, 2.75) is 31.8 Å². The van der Waals surface area contributed by atoms with Crippen molar-refractivity contribution >= 4 is 17.7 Å². The summed E-state index contributed by atoms with van der Waals surface area (Å²) >= 11 is 1.82. The fourth-order valence-corrected chi connectivity index (χ4v) is 1.96. The predicted octanol–water partition coefficient (Wildman–Crippen LogP) is 3.33. The van der Waals surface area contributed by atoms with Gasteiger partial charge in [0.15, 0.2) is 0 Å². The van der Waals surface area contributed by atoms with Crippen LogP contribution in [0.5, 0.6) is 0 Å². The Morgan fingerprint density at radius 3 is 2.67 bits per heavy atom. The third-order valence-electron chi connectivity index (χ3n) is 2.12. The molecule has 0 saturated heterocycles. The third kappa shape index (κ3) is 3.59. The van der Waals surface area contributed by atoms with E-state index in [9.17, 15) is 4.79 Å². The van der Waals surface area contributed by atoms with E-state index in [1.807, 2.05) is 30.8 Å². The number of rotatable bonds is 4. The minimum Gasteiger partial charge on any atom is -0.478 e. The van der Waals surface area contributed by atoms with Gasteiger partial charge in [0.2, 0.25) is 0 Å². The van der Waals surface area contributed by atoms with Gasteiger partial charge in [0, 0.05) is 5.75 Å². The fourth-order valence-electron chi connectivity index (χ4n) is 1.25. The molecule has 2 nitrogen and oxygen atoms in total. The number of carbonyl (C=O) groups is 1. The fraction of sp³-hybridized carbons (Fsp3) is 0.417. The number of carboxylic acid groups (broad SMARTS) is 1. The van der Waals surface area contributed by atoms with Crippen LogP contribution < -0.4 is 0 Å². The zero-order chi connectivity index (χ0) is 11.4. The average molecular weight is 224 g/mol. The van der Waals surface area contributed by atoms with Gasteiger partial charge in [0.25, 0.3) is 0 Å². The number of hydrogen-bond donors (Lipinski definition) is 1. The van der Waals surface area contributed by atoms with Crippen molar-refractivity contribution in [2.75, 3.05) is 0 Å². The monoisotopic (exact) mass is 224 g/mol. The summed E-state index contributed by atoms with van der Waals surface area (Å²) in [4.78, 5) is 10.9. The lowest BCUT2D eigenvalue weighted by Gasteiger charge is -2.07. The summed E-state index contributed by atoms with van der Waals surface area (Å²) in [7, 11) is 0. The van der Waals surface area contributed by atoms with E-state index in [1.54, 1.807) is 6.07 Å². The summed E-state index contributed by atoms with van der Waals surface area (Å²) in [6, 6.07) is 5.64. The Kier molecular flexibility index (Phi) is 4.21. The normalized spacial score (nSPS) is 10.7. The third-order valence-corrected chi connectivity index (χ3v) is 3.28. The molecular weight excluding hydrogens is 208 g/mol. The minimum absolute atomic E-state index is 0.414. The van der Waals surface area contributed by atoms with Crippen molar-refractivity contribution in [3.63, 3.8) is 0 Å². The van der Waals surface area contributed by atoms with Gasteiger partial charge in [-0.15, -0.1) is 0 Å². The van der Waals surface area contributed by atoms with Crippen molar-refractivity contribution in [1.29, 1.82) is 0 Å². The lowest BCUT2D eigenvalue weighted by molar-refractivity contribution is 0.0696. The van der Waals surface area contributed by atoms with E-state index in [0.29, 0.717) is 10.8 Å². The van der Waals surface area contributed by atoms with Crippen LogP contribution in [0.4, 0.5) is 0 Å². The molecule has 0 heterocycles. The molecule has 0 spiro atoms. The van der Waals surface area contributed by atoms with Crippen LogP contribution in [0, 0.1) is 6.92 Å². The first-order valence-electron chi connectivity index (χ1n) is 4.95.